The van der Waals surface area contributed by atoms with Gasteiger partial charge in [-0.2, -0.15) is 0 Å². The molecule has 1 aromatic heterocycles. The Morgan fingerprint density at radius 2 is 2.47 bits per heavy atom. The number of nitrogens with one attached hydrogen (secondary N) is 1. The highest BCUT2D eigenvalue weighted by atomic mass is 16.5. The Kier molecular flexibility index (Phi) is 3.75. The van der Waals surface area contributed by atoms with E-state index < -0.39 is 12.1 Å². The summed E-state index contributed by atoms with van der Waals surface area (Å²) in [5.41, 5.74) is 0.852. The maximum absolute atomic E-state index is 10.7. The van der Waals surface area contributed by atoms with Gasteiger partial charge in [0.25, 0.3) is 0 Å². The zero-order valence-corrected chi connectivity index (χ0v) is 9.68. The van der Waals surface area contributed by atoms with Crippen molar-refractivity contribution in [3.05, 3.63) is 17.5 Å². The number of ether oxygens (including phenoxy) is 1. The zero-order chi connectivity index (χ0) is 12.3. The highest BCUT2D eigenvalue weighted by Gasteiger charge is 2.29. The molecule has 6 heteroatoms. The van der Waals surface area contributed by atoms with Gasteiger partial charge in [-0.1, -0.05) is 5.16 Å². The van der Waals surface area contributed by atoms with Crippen LogP contribution in [0.2, 0.25) is 0 Å². The molecule has 0 saturated carbocycles. The van der Waals surface area contributed by atoms with E-state index in [0.717, 1.165) is 17.9 Å². The van der Waals surface area contributed by atoms with E-state index in [1.807, 2.05) is 13.0 Å². The Bertz CT molecular complexity index is 391. The first-order valence-electron chi connectivity index (χ1n) is 5.66. The monoisotopic (exact) mass is 240 g/mol. The van der Waals surface area contributed by atoms with Gasteiger partial charge in [0, 0.05) is 12.6 Å². The number of rotatable bonds is 5. The van der Waals surface area contributed by atoms with Gasteiger partial charge in [0.15, 0.2) is 11.9 Å². The maximum Gasteiger partial charge on any atom is 0.332 e. The third kappa shape index (κ3) is 3.28. The fraction of sp³-hybridized carbons (Fsp3) is 0.636. The minimum absolute atomic E-state index is 0.0277. The van der Waals surface area contributed by atoms with E-state index in [1.54, 1.807) is 0 Å². The highest BCUT2D eigenvalue weighted by Crippen LogP contribution is 2.19. The van der Waals surface area contributed by atoms with Gasteiger partial charge in [0.05, 0.1) is 18.3 Å². The second-order valence-corrected chi connectivity index (χ2v) is 4.23. The Hall–Kier alpha value is -1.40. The molecule has 1 saturated heterocycles. The second kappa shape index (κ2) is 5.29. The number of carbonyl (C=O) groups is 1. The number of carboxylic acids is 1. The molecule has 17 heavy (non-hydrogen) atoms. The van der Waals surface area contributed by atoms with Crippen LogP contribution in [-0.4, -0.2) is 35.0 Å². The summed E-state index contributed by atoms with van der Waals surface area (Å²) in [6, 6.07) is 1.86. The average Bonchev–Trinajstić information content (AvgIpc) is 2.88. The molecule has 0 aromatic carbocycles. The second-order valence-electron chi connectivity index (χ2n) is 4.23. The molecule has 2 atom stereocenters. The molecule has 2 heterocycles. The fourth-order valence-corrected chi connectivity index (χ4v) is 1.89. The maximum atomic E-state index is 10.7. The minimum atomic E-state index is -0.877. The first kappa shape index (κ1) is 12.1. The molecular weight excluding hydrogens is 224 g/mol. The van der Waals surface area contributed by atoms with Crippen LogP contribution in [-0.2, 0) is 16.1 Å². The van der Waals surface area contributed by atoms with E-state index in [0.29, 0.717) is 19.5 Å². The normalized spacial score (nSPS) is 24.1. The molecule has 6 nitrogen and oxygen atoms in total. The van der Waals surface area contributed by atoms with Crippen LogP contribution in [0, 0.1) is 6.92 Å². The van der Waals surface area contributed by atoms with Gasteiger partial charge in [0.2, 0.25) is 0 Å². The molecule has 0 aliphatic carbocycles. The van der Waals surface area contributed by atoms with Crippen LogP contribution in [0.25, 0.3) is 0 Å². The lowest BCUT2D eigenvalue weighted by atomic mass is 10.2. The van der Waals surface area contributed by atoms with Crippen molar-refractivity contribution < 1.29 is 19.2 Å². The van der Waals surface area contributed by atoms with Crippen LogP contribution in [0.1, 0.15) is 24.3 Å². The van der Waals surface area contributed by atoms with Crippen molar-refractivity contribution in [3.8, 4) is 0 Å². The third-order valence-corrected chi connectivity index (χ3v) is 2.73. The van der Waals surface area contributed by atoms with Gasteiger partial charge in [-0.15, -0.1) is 0 Å². The lowest BCUT2D eigenvalue weighted by Gasteiger charge is -2.11. The van der Waals surface area contributed by atoms with E-state index in [-0.39, 0.29) is 6.10 Å². The molecule has 1 aliphatic heterocycles. The zero-order valence-electron chi connectivity index (χ0n) is 9.68. The summed E-state index contributed by atoms with van der Waals surface area (Å²) in [6.45, 7) is 3.08. The van der Waals surface area contributed by atoms with Crippen LogP contribution >= 0.6 is 0 Å². The van der Waals surface area contributed by atoms with Crippen molar-refractivity contribution in [2.45, 2.75) is 38.5 Å². The van der Waals surface area contributed by atoms with Crippen LogP contribution in [0.15, 0.2) is 10.6 Å². The van der Waals surface area contributed by atoms with Crippen molar-refractivity contribution >= 4 is 5.97 Å². The van der Waals surface area contributed by atoms with E-state index in [2.05, 4.69) is 10.5 Å². The van der Waals surface area contributed by atoms with Crippen molar-refractivity contribution in [3.63, 3.8) is 0 Å². The summed E-state index contributed by atoms with van der Waals surface area (Å²) in [5, 5.41) is 15.7. The predicted molar refractivity (Wildman–Crippen MR) is 58.5 cm³/mol. The van der Waals surface area contributed by atoms with E-state index >= 15 is 0 Å². The van der Waals surface area contributed by atoms with Gasteiger partial charge < -0.3 is 19.7 Å². The highest BCUT2D eigenvalue weighted by molar-refractivity contribution is 5.72. The van der Waals surface area contributed by atoms with Crippen LogP contribution < -0.4 is 5.32 Å². The van der Waals surface area contributed by atoms with Crippen molar-refractivity contribution in [2.75, 3.05) is 6.54 Å². The van der Waals surface area contributed by atoms with Crippen LogP contribution in [0.4, 0.5) is 0 Å². The molecule has 2 N–H and O–H groups in total. The molecule has 0 amide bonds. The molecule has 1 aromatic rings. The molecule has 2 rings (SSSR count). The summed E-state index contributed by atoms with van der Waals surface area (Å²) < 4.78 is 10.4. The summed E-state index contributed by atoms with van der Waals surface area (Å²) >= 11 is 0. The van der Waals surface area contributed by atoms with Crippen molar-refractivity contribution in [1.82, 2.24) is 10.5 Å². The number of aromatic nitrogens is 1. The Labute approximate surface area is 98.9 Å². The number of aliphatic carboxylic acids is 1. The molecule has 2 unspecified atom stereocenters. The molecule has 0 radical (unpaired) electrons. The SMILES string of the molecule is Cc1cc(CNCC2CCC(C(=O)O)O2)on1. The smallest absolute Gasteiger partial charge is 0.332 e. The molecule has 0 bridgehead atoms. The quantitative estimate of drug-likeness (QED) is 0.788. The van der Waals surface area contributed by atoms with Gasteiger partial charge >= 0.3 is 5.97 Å². The van der Waals surface area contributed by atoms with Crippen LogP contribution in [0.3, 0.4) is 0 Å². The summed E-state index contributed by atoms with van der Waals surface area (Å²) in [6.07, 6.45) is 0.692. The first-order valence-corrected chi connectivity index (χ1v) is 5.66. The van der Waals surface area contributed by atoms with Gasteiger partial charge in [-0.3, -0.25) is 0 Å². The summed E-state index contributed by atoms with van der Waals surface area (Å²) in [5.74, 6) is -0.103. The molecule has 1 fully saturated rings. The molecular formula is C11H16N2O4. The van der Waals surface area contributed by atoms with Gasteiger partial charge in [0.1, 0.15) is 0 Å². The molecule has 94 valence electrons. The number of carboxylic acid groups (broad SMARTS) is 1. The van der Waals surface area contributed by atoms with E-state index in [9.17, 15) is 4.79 Å². The largest absolute Gasteiger partial charge is 0.479 e. The molecule has 1 aliphatic rings. The van der Waals surface area contributed by atoms with Crippen molar-refractivity contribution in [2.24, 2.45) is 0 Å². The number of hydrogen-bond donors (Lipinski definition) is 2. The van der Waals surface area contributed by atoms with E-state index in [4.69, 9.17) is 14.4 Å². The third-order valence-electron chi connectivity index (χ3n) is 2.73. The molecule has 0 spiro atoms. The standard InChI is InChI=1S/C11H16N2O4/c1-7-4-9(17-13-7)6-12-5-8-2-3-10(16-8)11(14)15/h4,8,10,12H,2-3,5-6H2,1H3,(H,14,15). The Morgan fingerprint density at radius 3 is 3.06 bits per heavy atom. The Balaban J connectivity index is 1.68. The average molecular weight is 240 g/mol. The number of nitrogens with zero attached hydrogens (tertiary/aromatic N) is 1. The topological polar surface area (TPSA) is 84.6 Å². The van der Waals surface area contributed by atoms with Crippen molar-refractivity contribution in [1.29, 1.82) is 0 Å². The summed E-state index contributed by atoms with van der Waals surface area (Å²) in [7, 11) is 0. The lowest BCUT2D eigenvalue weighted by molar-refractivity contribution is -0.149. The fourth-order valence-electron chi connectivity index (χ4n) is 1.89. The summed E-state index contributed by atoms with van der Waals surface area (Å²) in [4.78, 5) is 10.7. The predicted octanol–water partition coefficient (Wildman–Crippen LogP) is 0.705. The first-order chi connectivity index (χ1) is 8.15. The lowest BCUT2D eigenvalue weighted by Crippen LogP contribution is -2.28. The number of aryl methyl sites for hydroxylation is 1. The van der Waals surface area contributed by atoms with Gasteiger partial charge in [-0.25, -0.2) is 4.79 Å². The van der Waals surface area contributed by atoms with Crippen LogP contribution in [0.5, 0.6) is 0 Å². The van der Waals surface area contributed by atoms with Gasteiger partial charge in [-0.05, 0) is 19.8 Å². The minimum Gasteiger partial charge on any atom is -0.479 e. The van der Waals surface area contributed by atoms with E-state index in [1.165, 1.54) is 0 Å². The Morgan fingerprint density at radius 1 is 1.65 bits per heavy atom. The number of hydrogen-bond acceptors (Lipinski definition) is 5.